The molecule has 1 saturated heterocycles. The number of nitrogens with zero attached hydrogens (tertiary/aromatic N) is 3. The average Bonchev–Trinajstić information content (AvgIpc) is 3.29. The fourth-order valence-electron chi connectivity index (χ4n) is 9.42. The molecule has 4 aliphatic rings. The number of benzene rings is 3. The molecule has 0 radical (unpaired) electrons. The maximum Gasteiger partial charge on any atom is 0.415 e. The fourth-order valence-corrected chi connectivity index (χ4v) is 9.83. The van der Waals surface area contributed by atoms with Gasteiger partial charge in [0, 0.05) is 61.6 Å². The smallest absolute Gasteiger partial charge is 0.415 e. The lowest BCUT2D eigenvalue weighted by atomic mass is 9.55. The van der Waals surface area contributed by atoms with Gasteiger partial charge >= 0.3 is 6.09 Å². The van der Waals surface area contributed by atoms with Crippen LogP contribution in [0.1, 0.15) is 75.7 Å². The molecule has 332 valence electrons. The lowest BCUT2D eigenvalue weighted by Gasteiger charge is -2.59. The molecule has 2 aliphatic heterocycles. The van der Waals surface area contributed by atoms with Crippen molar-refractivity contribution in [1.82, 2.24) is 4.90 Å². The van der Waals surface area contributed by atoms with Gasteiger partial charge in [-0.2, -0.15) is 0 Å². The quantitative estimate of drug-likeness (QED) is 0.0385. The van der Waals surface area contributed by atoms with Crippen molar-refractivity contribution < 1.29 is 48.5 Å². The standard InChI is InChI=1S/C47H57N3O11S/c1-4-26-57-47-42(49(2)46(53)59-34-16-14-32(15-17-34)50(54)55)30-40(48-61-43-13-7-10-27-56-43)38-28-31(11-5-8-24-51)37(12-6-9-25-52)44(45(38)47)39-29-35(20-23-41(39)60-47)58-33-18-21-36(62-3)22-19-33/h4,14-23,28-29,31,37,42-45,51-52H,1,5-13,24-27,30H2,2-3H3. The highest BCUT2D eigenvalue weighted by Crippen LogP contribution is 2.62. The molecule has 0 bridgehead atoms. The molecule has 3 aromatic carbocycles. The second-order valence-corrected chi connectivity index (χ2v) is 17.1. The summed E-state index contributed by atoms with van der Waals surface area (Å²) in [6.45, 7) is 4.80. The van der Waals surface area contributed by atoms with Crippen molar-refractivity contribution in [2.24, 2.45) is 22.9 Å². The van der Waals surface area contributed by atoms with Crippen LogP contribution in [-0.2, 0) is 14.3 Å². The van der Waals surface area contributed by atoms with Gasteiger partial charge in [0.25, 0.3) is 5.69 Å². The van der Waals surface area contributed by atoms with Gasteiger partial charge in [-0.05, 0) is 117 Å². The predicted octanol–water partition coefficient (Wildman–Crippen LogP) is 9.40. The number of hydrogen-bond donors (Lipinski definition) is 2. The van der Waals surface area contributed by atoms with E-state index in [0.29, 0.717) is 48.8 Å². The van der Waals surface area contributed by atoms with Crippen LogP contribution in [0.5, 0.6) is 23.0 Å². The average molecular weight is 872 g/mol. The van der Waals surface area contributed by atoms with Crippen LogP contribution >= 0.6 is 11.8 Å². The topological polar surface area (TPSA) is 172 Å². The first kappa shape index (κ1) is 45.1. The molecule has 0 aromatic heterocycles. The number of allylic oxidation sites excluding steroid dienone is 1. The number of carbonyl (C=O) groups excluding carboxylic acids is 1. The second kappa shape index (κ2) is 21.0. The van der Waals surface area contributed by atoms with E-state index in [1.165, 1.54) is 29.2 Å². The van der Waals surface area contributed by atoms with E-state index in [4.69, 9.17) is 33.7 Å². The third-order valence-corrected chi connectivity index (χ3v) is 13.1. The van der Waals surface area contributed by atoms with Crippen LogP contribution in [0.15, 0.2) is 101 Å². The number of nitro groups is 1. The van der Waals surface area contributed by atoms with E-state index in [0.717, 1.165) is 54.6 Å². The summed E-state index contributed by atoms with van der Waals surface area (Å²) in [6, 6.07) is 18.2. The number of aliphatic hydroxyl groups excluding tert-OH is 2. The molecule has 2 fully saturated rings. The first-order chi connectivity index (χ1) is 30.2. The Hall–Kier alpha value is -4.93. The molecule has 62 heavy (non-hydrogen) atoms. The van der Waals surface area contributed by atoms with E-state index < -0.39 is 35.1 Å². The number of fused-ring (bicyclic) bond motifs is 2. The van der Waals surface area contributed by atoms with Crippen molar-refractivity contribution in [3.05, 3.63) is 107 Å². The second-order valence-electron chi connectivity index (χ2n) is 16.2. The highest BCUT2D eigenvalue weighted by Gasteiger charge is 2.65. The van der Waals surface area contributed by atoms with Gasteiger partial charge in [-0.3, -0.25) is 10.1 Å². The maximum absolute atomic E-state index is 14.3. The van der Waals surface area contributed by atoms with Gasteiger partial charge in [0.1, 0.15) is 29.0 Å². The molecule has 0 spiro atoms. The molecule has 7 atom stereocenters. The minimum absolute atomic E-state index is 0.0134. The van der Waals surface area contributed by atoms with Crippen LogP contribution in [-0.4, -0.2) is 89.7 Å². The van der Waals surface area contributed by atoms with Crippen LogP contribution in [0.25, 0.3) is 0 Å². The molecule has 2 N–H and O–H groups in total. The minimum Gasteiger partial charge on any atom is -0.459 e. The number of rotatable bonds is 19. The molecule has 2 aliphatic carbocycles. The van der Waals surface area contributed by atoms with Crippen LogP contribution in [0.4, 0.5) is 10.5 Å². The number of nitro benzene ring substituents is 1. The minimum atomic E-state index is -1.50. The molecule has 7 rings (SSSR count). The zero-order chi connectivity index (χ0) is 43.6. The molecule has 1 saturated carbocycles. The summed E-state index contributed by atoms with van der Waals surface area (Å²) in [5.74, 6) is -0.207. The molecule has 14 nitrogen and oxygen atoms in total. The molecule has 1 amide bonds. The van der Waals surface area contributed by atoms with Gasteiger partial charge in [-0.25, -0.2) is 4.79 Å². The van der Waals surface area contributed by atoms with Crippen molar-refractivity contribution in [1.29, 1.82) is 0 Å². The van der Waals surface area contributed by atoms with Crippen LogP contribution in [0.3, 0.4) is 0 Å². The summed E-state index contributed by atoms with van der Waals surface area (Å²) in [5.41, 5.74) is 2.30. The molecule has 15 heteroatoms. The van der Waals surface area contributed by atoms with E-state index in [1.807, 2.05) is 48.7 Å². The van der Waals surface area contributed by atoms with E-state index >= 15 is 0 Å². The van der Waals surface area contributed by atoms with Gasteiger partial charge in [-0.15, -0.1) is 18.3 Å². The largest absolute Gasteiger partial charge is 0.459 e. The first-order valence-corrected chi connectivity index (χ1v) is 22.8. The summed E-state index contributed by atoms with van der Waals surface area (Å²) >= 11 is 1.66. The number of likely N-dealkylation sites (N-methyl/N-ethyl adjacent to an activating group) is 1. The van der Waals surface area contributed by atoms with E-state index in [9.17, 15) is 25.1 Å². The van der Waals surface area contributed by atoms with Gasteiger partial charge in [-0.1, -0.05) is 30.1 Å². The van der Waals surface area contributed by atoms with Crippen LogP contribution in [0.2, 0.25) is 0 Å². The summed E-state index contributed by atoms with van der Waals surface area (Å²) < 4.78 is 32.5. The maximum atomic E-state index is 14.3. The van der Waals surface area contributed by atoms with Gasteiger partial charge < -0.3 is 43.6 Å². The lowest BCUT2D eigenvalue weighted by Crippen LogP contribution is -2.69. The van der Waals surface area contributed by atoms with Crippen LogP contribution < -0.4 is 14.2 Å². The van der Waals surface area contributed by atoms with E-state index in [-0.39, 0.29) is 55.4 Å². The zero-order valence-corrected chi connectivity index (χ0v) is 36.2. The van der Waals surface area contributed by atoms with Crippen molar-refractivity contribution in [2.45, 2.75) is 93.1 Å². The number of oxime groups is 1. The van der Waals surface area contributed by atoms with Gasteiger partial charge in [0.05, 0.1) is 29.8 Å². The molecule has 2 heterocycles. The Morgan fingerprint density at radius 2 is 1.74 bits per heavy atom. The monoisotopic (exact) mass is 871 g/mol. The third kappa shape index (κ3) is 9.97. The number of thioether (sulfide) groups is 1. The number of carbonyl (C=O) groups is 1. The number of non-ortho nitro benzene ring substituents is 1. The highest BCUT2D eigenvalue weighted by atomic mass is 32.2. The summed E-state index contributed by atoms with van der Waals surface area (Å²) in [7, 11) is 1.63. The number of ether oxygens (including phenoxy) is 5. The predicted molar refractivity (Wildman–Crippen MR) is 235 cm³/mol. The fraction of sp³-hybridized carbons (Fsp3) is 0.489. The number of hydrogen-bond acceptors (Lipinski definition) is 13. The Balaban J connectivity index is 1.38. The Morgan fingerprint density at radius 1 is 1.02 bits per heavy atom. The number of amides is 1. The molecule has 7 unspecified atom stereocenters. The van der Waals surface area contributed by atoms with Crippen molar-refractivity contribution >= 4 is 29.3 Å². The number of unbranched alkanes of at least 4 members (excludes halogenated alkanes) is 2. The van der Waals surface area contributed by atoms with Gasteiger partial charge in [0.15, 0.2) is 0 Å². The van der Waals surface area contributed by atoms with Crippen molar-refractivity contribution in [2.75, 3.05) is 39.7 Å². The Kier molecular flexibility index (Phi) is 15.2. The Morgan fingerprint density at radius 3 is 2.42 bits per heavy atom. The summed E-state index contributed by atoms with van der Waals surface area (Å²) in [4.78, 5) is 33.9. The number of aliphatic hydroxyl groups is 2. The van der Waals surface area contributed by atoms with Crippen molar-refractivity contribution in [3.63, 3.8) is 0 Å². The third-order valence-electron chi connectivity index (χ3n) is 12.4. The molecular formula is C47H57N3O11S. The first-order valence-electron chi connectivity index (χ1n) is 21.6. The van der Waals surface area contributed by atoms with E-state index in [1.54, 1.807) is 24.9 Å². The Labute approximate surface area is 367 Å². The van der Waals surface area contributed by atoms with Gasteiger partial charge in [0.2, 0.25) is 12.1 Å². The summed E-state index contributed by atoms with van der Waals surface area (Å²) in [6.07, 6.45) is 11.9. The summed E-state index contributed by atoms with van der Waals surface area (Å²) in [5, 5.41) is 36.0. The molecule has 3 aromatic rings. The normalized spacial score (nSPS) is 25.7. The molecular weight excluding hydrogens is 815 g/mol. The highest BCUT2D eigenvalue weighted by molar-refractivity contribution is 7.98. The lowest BCUT2D eigenvalue weighted by molar-refractivity contribution is -0.384. The van der Waals surface area contributed by atoms with E-state index in [2.05, 4.69) is 12.7 Å². The SMILES string of the molecule is C=CCOC12Oc3ccc(Oc4ccc(SC)cc4)cc3C3C(CCCCO)C(CCCCO)C=C(C(=NOC4CCCCO4)CC1N(C)C(=O)Oc1ccc([N+](=O)[O-])cc1)C32. The zero-order valence-electron chi connectivity index (χ0n) is 35.4. The Bertz CT molecular complexity index is 2070. The van der Waals surface area contributed by atoms with Crippen LogP contribution in [0, 0.1) is 27.9 Å². The van der Waals surface area contributed by atoms with Crippen molar-refractivity contribution in [3.8, 4) is 23.0 Å².